The summed E-state index contributed by atoms with van der Waals surface area (Å²) in [6.07, 6.45) is 1.63. The summed E-state index contributed by atoms with van der Waals surface area (Å²) in [5.41, 5.74) is 0. The van der Waals surface area contributed by atoms with E-state index in [1.807, 2.05) is 6.92 Å². The number of benzene rings is 1. The molecule has 17 heavy (non-hydrogen) atoms. The highest BCUT2D eigenvalue weighted by molar-refractivity contribution is 5.39. The number of ether oxygens (including phenoxy) is 2. The molecule has 0 bridgehead atoms. The van der Waals surface area contributed by atoms with Gasteiger partial charge in [0.2, 0.25) is 0 Å². The van der Waals surface area contributed by atoms with Crippen LogP contribution in [0.4, 0.5) is 0 Å². The minimum atomic E-state index is 0.149. The van der Waals surface area contributed by atoms with Crippen LogP contribution < -0.4 is 9.47 Å². The lowest BCUT2D eigenvalue weighted by Gasteiger charge is -2.09. The van der Waals surface area contributed by atoms with Crippen molar-refractivity contribution in [1.82, 2.24) is 4.98 Å². The number of aromatic hydroxyl groups is 1. The predicted molar refractivity (Wildman–Crippen MR) is 63.6 cm³/mol. The van der Waals surface area contributed by atoms with Gasteiger partial charge >= 0.3 is 0 Å². The van der Waals surface area contributed by atoms with Gasteiger partial charge in [-0.2, -0.15) is 0 Å². The summed E-state index contributed by atoms with van der Waals surface area (Å²) in [7, 11) is 0. The van der Waals surface area contributed by atoms with Crippen LogP contribution in [0, 0.1) is 0 Å². The third kappa shape index (κ3) is 2.87. The Morgan fingerprint density at radius 3 is 2.88 bits per heavy atom. The monoisotopic (exact) mass is 231 g/mol. The molecule has 0 fully saturated rings. The summed E-state index contributed by atoms with van der Waals surface area (Å²) >= 11 is 0. The fourth-order valence-electron chi connectivity index (χ4n) is 1.38. The zero-order valence-corrected chi connectivity index (χ0v) is 9.46. The average molecular weight is 231 g/mol. The van der Waals surface area contributed by atoms with Crippen molar-refractivity contribution in [3.8, 4) is 23.1 Å². The molecule has 0 saturated heterocycles. The Morgan fingerprint density at radius 2 is 2.12 bits per heavy atom. The van der Waals surface area contributed by atoms with Crippen molar-refractivity contribution in [2.45, 2.75) is 6.92 Å². The highest BCUT2D eigenvalue weighted by Crippen LogP contribution is 2.29. The number of pyridine rings is 1. The number of phenolic OH excluding ortho intramolecular Hbond substituents is 1. The van der Waals surface area contributed by atoms with E-state index in [0.29, 0.717) is 24.0 Å². The third-order valence-electron chi connectivity index (χ3n) is 2.07. The summed E-state index contributed by atoms with van der Waals surface area (Å²) in [5, 5.41) is 9.33. The Labute approximate surface area is 99.5 Å². The van der Waals surface area contributed by atoms with Gasteiger partial charge in [-0.3, -0.25) is 0 Å². The van der Waals surface area contributed by atoms with Crippen LogP contribution in [-0.4, -0.2) is 16.7 Å². The SMILES string of the molecule is CCOc1cccnc1Oc1cccc(O)c1. The van der Waals surface area contributed by atoms with Crippen LogP contribution in [0.1, 0.15) is 6.92 Å². The second kappa shape index (κ2) is 5.21. The first-order valence-electron chi connectivity index (χ1n) is 5.34. The quantitative estimate of drug-likeness (QED) is 0.878. The average Bonchev–Trinajstić information content (AvgIpc) is 2.32. The normalized spacial score (nSPS) is 9.94. The number of phenols is 1. The van der Waals surface area contributed by atoms with E-state index in [2.05, 4.69) is 4.98 Å². The van der Waals surface area contributed by atoms with Crippen molar-refractivity contribution in [3.63, 3.8) is 0 Å². The minimum Gasteiger partial charge on any atom is -0.508 e. The topological polar surface area (TPSA) is 51.6 Å². The van der Waals surface area contributed by atoms with Crippen molar-refractivity contribution in [2.24, 2.45) is 0 Å². The Kier molecular flexibility index (Phi) is 3.45. The Morgan fingerprint density at radius 1 is 1.24 bits per heavy atom. The molecule has 0 aliphatic carbocycles. The van der Waals surface area contributed by atoms with Crippen LogP contribution in [0.25, 0.3) is 0 Å². The Bertz CT molecular complexity index is 500. The molecule has 2 aromatic rings. The summed E-state index contributed by atoms with van der Waals surface area (Å²) in [6, 6.07) is 10.1. The van der Waals surface area contributed by atoms with E-state index in [1.165, 1.54) is 6.07 Å². The van der Waals surface area contributed by atoms with Gasteiger partial charge in [0.1, 0.15) is 11.5 Å². The van der Waals surface area contributed by atoms with Crippen LogP contribution in [0.2, 0.25) is 0 Å². The predicted octanol–water partition coefficient (Wildman–Crippen LogP) is 2.98. The molecule has 4 heteroatoms. The maximum Gasteiger partial charge on any atom is 0.262 e. The molecule has 0 radical (unpaired) electrons. The summed E-state index contributed by atoms with van der Waals surface area (Å²) in [5.74, 6) is 1.64. The number of aromatic nitrogens is 1. The summed E-state index contributed by atoms with van der Waals surface area (Å²) in [4.78, 5) is 4.09. The first-order valence-corrected chi connectivity index (χ1v) is 5.34. The number of nitrogens with zero attached hydrogens (tertiary/aromatic N) is 1. The van der Waals surface area contributed by atoms with Gasteiger partial charge in [0.15, 0.2) is 5.75 Å². The molecule has 0 unspecified atom stereocenters. The maximum absolute atomic E-state index is 9.33. The molecule has 0 atom stereocenters. The van der Waals surface area contributed by atoms with Gasteiger partial charge in [0, 0.05) is 12.3 Å². The first-order chi connectivity index (χ1) is 8.29. The van der Waals surface area contributed by atoms with E-state index in [-0.39, 0.29) is 5.75 Å². The molecular formula is C13H13NO3. The third-order valence-corrected chi connectivity index (χ3v) is 2.07. The van der Waals surface area contributed by atoms with Gasteiger partial charge in [-0.05, 0) is 31.2 Å². The fourth-order valence-corrected chi connectivity index (χ4v) is 1.38. The highest BCUT2D eigenvalue weighted by atomic mass is 16.5. The first kappa shape index (κ1) is 11.3. The lowest BCUT2D eigenvalue weighted by molar-refractivity contribution is 0.316. The minimum absolute atomic E-state index is 0.149. The molecular weight excluding hydrogens is 218 g/mol. The molecule has 0 saturated carbocycles. The Balaban J connectivity index is 2.23. The van der Waals surface area contributed by atoms with E-state index in [9.17, 15) is 5.11 Å². The molecule has 4 nitrogen and oxygen atoms in total. The molecule has 0 aliphatic heterocycles. The maximum atomic E-state index is 9.33. The van der Waals surface area contributed by atoms with Gasteiger partial charge in [0.25, 0.3) is 5.88 Å². The number of hydrogen-bond donors (Lipinski definition) is 1. The van der Waals surface area contributed by atoms with Gasteiger partial charge in [-0.15, -0.1) is 0 Å². The molecule has 1 aromatic heterocycles. The largest absolute Gasteiger partial charge is 0.508 e. The second-order valence-corrected chi connectivity index (χ2v) is 3.34. The Hall–Kier alpha value is -2.23. The van der Waals surface area contributed by atoms with Crippen LogP contribution >= 0.6 is 0 Å². The van der Waals surface area contributed by atoms with Crippen LogP contribution in [0.5, 0.6) is 23.1 Å². The zero-order valence-electron chi connectivity index (χ0n) is 9.46. The number of rotatable bonds is 4. The van der Waals surface area contributed by atoms with Crippen molar-refractivity contribution in [1.29, 1.82) is 0 Å². The van der Waals surface area contributed by atoms with Gasteiger partial charge in [0.05, 0.1) is 6.61 Å². The lowest BCUT2D eigenvalue weighted by atomic mass is 10.3. The van der Waals surface area contributed by atoms with Gasteiger partial charge in [-0.1, -0.05) is 6.07 Å². The fraction of sp³-hybridized carbons (Fsp3) is 0.154. The van der Waals surface area contributed by atoms with E-state index in [0.717, 1.165) is 0 Å². The second-order valence-electron chi connectivity index (χ2n) is 3.34. The molecule has 2 rings (SSSR count). The van der Waals surface area contributed by atoms with E-state index >= 15 is 0 Å². The van der Waals surface area contributed by atoms with E-state index in [1.54, 1.807) is 36.5 Å². The van der Waals surface area contributed by atoms with Crippen molar-refractivity contribution < 1.29 is 14.6 Å². The molecule has 1 N–H and O–H groups in total. The van der Waals surface area contributed by atoms with Gasteiger partial charge < -0.3 is 14.6 Å². The molecule has 0 aliphatic rings. The standard InChI is InChI=1S/C13H13NO3/c1-2-16-12-7-4-8-14-13(12)17-11-6-3-5-10(15)9-11/h3-9,15H,2H2,1H3. The number of hydrogen-bond acceptors (Lipinski definition) is 4. The summed E-state index contributed by atoms with van der Waals surface area (Å²) in [6.45, 7) is 2.44. The summed E-state index contributed by atoms with van der Waals surface area (Å²) < 4.78 is 10.9. The highest BCUT2D eigenvalue weighted by Gasteiger charge is 2.06. The van der Waals surface area contributed by atoms with Crippen molar-refractivity contribution in [2.75, 3.05) is 6.61 Å². The van der Waals surface area contributed by atoms with E-state index in [4.69, 9.17) is 9.47 Å². The molecule has 0 spiro atoms. The van der Waals surface area contributed by atoms with E-state index < -0.39 is 0 Å². The lowest BCUT2D eigenvalue weighted by Crippen LogP contribution is -1.96. The van der Waals surface area contributed by atoms with Crippen LogP contribution in [0.3, 0.4) is 0 Å². The van der Waals surface area contributed by atoms with Crippen LogP contribution in [-0.2, 0) is 0 Å². The zero-order chi connectivity index (χ0) is 12.1. The molecule has 1 aromatic carbocycles. The van der Waals surface area contributed by atoms with Crippen LogP contribution in [0.15, 0.2) is 42.6 Å². The smallest absolute Gasteiger partial charge is 0.262 e. The molecule has 1 heterocycles. The molecule has 88 valence electrons. The van der Waals surface area contributed by atoms with Crippen molar-refractivity contribution in [3.05, 3.63) is 42.6 Å². The van der Waals surface area contributed by atoms with Crippen molar-refractivity contribution >= 4 is 0 Å². The van der Waals surface area contributed by atoms with Gasteiger partial charge in [-0.25, -0.2) is 4.98 Å². The molecule has 0 amide bonds.